The molecule has 0 atom stereocenters. The smallest absolute Gasteiger partial charge is 0.250 e. The highest BCUT2D eigenvalue weighted by Gasteiger charge is 1.99. The highest BCUT2D eigenvalue weighted by Crippen LogP contribution is 2.02. The maximum Gasteiger partial charge on any atom is 0.250 e. The second-order valence-corrected chi connectivity index (χ2v) is 2.08. The second-order valence-electron chi connectivity index (χ2n) is 2.08. The zero-order valence-corrected chi connectivity index (χ0v) is 6.26. The highest BCUT2D eigenvalue weighted by atomic mass is 16.5. The molecule has 0 aromatic carbocycles. The first-order chi connectivity index (χ1) is 5.33. The number of ether oxygens (including phenoxy) is 1. The summed E-state index contributed by atoms with van der Waals surface area (Å²) in [6.07, 6.45) is 3.44. The molecule has 0 aliphatic heterocycles. The average Bonchev–Trinajstić information content (AvgIpc) is 2.40. The van der Waals surface area contributed by atoms with Gasteiger partial charge in [0.2, 0.25) is 5.91 Å². The van der Waals surface area contributed by atoms with E-state index in [0.717, 1.165) is 5.69 Å². The van der Waals surface area contributed by atoms with Crippen molar-refractivity contribution in [1.82, 2.24) is 4.98 Å². The van der Waals surface area contributed by atoms with Crippen molar-refractivity contribution >= 4 is 11.6 Å². The Morgan fingerprint density at radius 1 is 1.82 bits per heavy atom. The van der Waals surface area contributed by atoms with Crippen LogP contribution in [0.4, 0.5) is 5.69 Å². The zero-order chi connectivity index (χ0) is 8.10. The van der Waals surface area contributed by atoms with Gasteiger partial charge in [-0.1, -0.05) is 0 Å². The number of carbonyl (C=O) groups is 1. The number of rotatable bonds is 3. The van der Waals surface area contributed by atoms with Crippen LogP contribution in [0, 0.1) is 0 Å². The Hall–Kier alpha value is -1.29. The fraction of sp³-hybridized carbons (Fsp3) is 0.286. The highest BCUT2D eigenvalue weighted by molar-refractivity contribution is 5.91. The van der Waals surface area contributed by atoms with Gasteiger partial charge >= 0.3 is 0 Å². The molecule has 4 heteroatoms. The van der Waals surface area contributed by atoms with Crippen molar-refractivity contribution in [3.8, 4) is 0 Å². The number of amides is 1. The number of aromatic amines is 1. The molecule has 0 unspecified atom stereocenters. The largest absolute Gasteiger partial charge is 0.375 e. The van der Waals surface area contributed by atoms with Gasteiger partial charge < -0.3 is 15.0 Å². The molecular weight excluding hydrogens is 144 g/mol. The van der Waals surface area contributed by atoms with Crippen LogP contribution in [0.1, 0.15) is 0 Å². The van der Waals surface area contributed by atoms with Crippen LogP contribution in [0.25, 0.3) is 0 Å². The molecule has 2 N–H and O–H groups in total. The van der Waals surface area contributed by atoms with Crippen LogP contribution in [0.2, 0.25) is 0 Å². The summed E-state index contributed by atoms with van der Waals surface area (Å²) in [5, 5.41) is 2.63. The molecule has 0 fully saturated rings. The van der Waals surface area contributed by atoms with Gasteiger partial charge in [-0.05, 0) is 6.07 Å². The summed E-state index contributed by atoms with van der Waals surface area (Å²) in [7, 11) is 1.48. The van der Waals surface area contributed by atoms with Gasteiger partial charge in [0.25, 0.3) is 0 Å². The van der Waals surface area contributed by atoms with Crippen molar-refractivity contribution < 1.29 is 9.53 Å². The van der Waals surface area contributed by atoms with Crippen molar-refractivity contribution in [3.63, 3.8) is 0 Å². The molecule has 4 nitrogen and oxygen atoms in total. The van der Waals surface area contributed by atoms with E-state index in [0.29, 0.717) is 0 Å². The van der Waals surface area contributed by atoms with E-state index in [9.17, 15) is 4.79 Å². The molecule has 1 rings (SSSR count). The molecule has 1 amide bonds. The SMILES string of the molecule is COCC(=O)Nc1cc[nH]c1. The Labute approximate surface area is 64.6 Å². The summed E-state index contributed by atoms with van der Waals surface area (Å²) in [6, 6.07) is 1.77. The minimum atomic E-state index is -0.146. The lowest BCUT2D eigenvalue weighted by Crippen LogP contribution is -2.16. The van der Waals surface area contributed by atoms with Crippen molar-refractivity contribution in [2.45, 2.75) is 0 Å². The lowest BCUT2D eigenvalue weighted by atomic mass is 10.5. The maximum atomic E-state index is 10.9. The van der Waals surface area contributed by atoms with Crippen LogP contribution in [0.5, 0.6) is 0 Å². The van der Waals surface area contributed by atoms with Gasteiger partial charge in [0.05, 0.1) is 5.69 Å². The Morgan fingerprint density at radius 2 is 2.64 bits per heavy atom. The third-order valence-corrected chi connectivity index (χ3v) is 1.16. The van der Waals surface area contributed by atoms with Crippen LogP contribution < -0.4 is 5.32 Å². The van der Waals surface area contributed by atoms with Gasteiger partial charge in [0, 0.05) is 19.5 Å². The molecule has 0 spiro atoms. The average molecular weight is 154 g/mol. The lowest BCUT2D eigenvalue weighted by Gasteiger charge is -1.99. The Bertz CT molecular complexity index is 218. The zero-order valence-electron chi connectivity index (χ0n) is 6.26. The van der Waals surface area contributed by atoms with Crippen molar-refractivity contribution in [2.75, 3.05) is 19.0 Å². The summed E-state index contributed by atoms with van der Waals surface area (Å²) in [5.41, 5.74) is 0.757. The normalized spacial score (nSPS) is 9.55. The van der Waals surface area contributed by atoms with Crippen LogP contribution in [0.3, 0.4) is 0 Å². The van der Waals surface area contributed by atoms with Gasteiger partial charge in [-0.15, -0.1) is 0 Å². The number of aromatic nitrogens is 1. The number of hydrogen-bond donors (Lipinski definition) is 2. The minimum absolute atomic E-state index is 0.0885. The lowest BCUT2D eigenvalue weighted by molar-refractivity contribution is -0.119. The van der Waals surface area contributed by atoms with Crippen molar-refractivity contribution in [1.29, 1.82) is 0 Å². The standard InChI is InChI=1S/C7H10N2O2/c1-11-5-7(10)9-6-2-3-8-4-6/h2-4,8H,5H2,1H3,(H,9,10). The monoisotopic (exact) mass is 154 g/mol. The van der Waals surface area contributed by atoms with E-state index in [1.807, 2.05) is 0 Å². The van der Waals surface area contributed by atoms with Crippen LogP contribution in [-0.4, -0.2) is 24.6 Å². The van der Waals surface area contributed by atoms with E-state index >= 15 is 0 Å². The summed E-state index contributed by atoms with van der Waals surface area (Å²) in [4.78, 5) is 13.7. The number of nitrogens with one attached hydrogen (secondary N) is 2. The molecule has 60 valence electrons. The third-order valence-electron chi connectivity index (χ3n) is 1.16. The van der Waals surface area contributed by atoms with E-state index in [1.54, 1.807) is 18.5 Å². The first-order valence-corrected chi connectivity index (χ1v) is 3.24. The Kier molecular flexibility index (Phi) is 2.68. The molecule has 0 saturated carbocycles. The number of carbonyl (C=O) groups excluding carboxylic acids is 1. The summed E-state index contributed by atoms with van der Waals surface area (Å²) in [5.74, 6) is -0.146. The molecule has 1 aromatic rings. The predicted octanol–water partition coefficient (Wildman–Crippen LogP) is 0.600. The van der Waals surface area contributed by atoms with E-state index < -0.39 is 0 Å². The molecule has 0 aliphatic rings. The van der Waals surface area contributed by atoms with Crippen LogP contribution >= 0.6 is 0 Å². The van der Waals surface area contributed by atoms with E-state index in [-0.39, 0.29) is 12.5 Å². The quantitative estimate of drug-likeness (QED) is 0.669. The summed E-state index contributed by atoms with van der Waals surface area (Å²) >= 11 is 0. The molecule has 0 saturated heterocycles. The number of anilines is 1. The minimum Gasteiger partial charge on any atom is -0.375 e. The Morgan fingerprint density at radius 3 is 3.18 bits per heavy atom. The van der Waals surface area contributed by atoms with Gasteiger partial charge in [-0.3, -0.25) is 4.79 Å². The maximum absolute atomic E-state index is 10.9. The molecule has 0 aliphatic carbocycles. The van der Waals surface area contributed by atoms with E-state index in [4.69, 9.17) is 0 Å². The number of methoxy groups -OCH3 is 1. The van der Waals surface area contributed by atoms with E-state index in [2.05, 4.69) is 15.0 Å². The first kappa shape index (κ1) is 7.81. The van der Waals surface area contributed by atoms with Gasteiger partial charge in [-0.2, -0.15) is 0 Å². The van der Waals surface area contributed by atoms with Crippen molar-refractivity contribution in [3.05, 3.63) is 18.5 Å². The molecule has 1 heterocycles. The fourth-order valence-electron chi connectivity index (χ4n) is 0.730. The molecule has 0 radical (unpaired) electrons. The van der Waals surface area contributed by atoms with Gasteiger partial charge in [-0.25, -0.2) is 0 Å². The molecular formula is C7H10N2O2. The number of hydrogen-bond acceptors (Lipinski definition) is 2. The third kappa shape index (κ3) is 2.43. The van der Waals surface area contributed by atoms with Gasteiger partial charge in [0.15, 0.2) is 0 Å². The predicted molar refractivity (Wildman–Crippen MR) is 41.3 cm³/mol. The first-order valence-electron chi connectivity index (χ1n) is 3.24. The Balaban J connectivity index is 2.37. The number of H-pyrrole nitrogens is 1. The molecule has 1 aromatic heterocycles. The van der Waals surface area contributed by atoms with Crippen LogP contribution in [0.15, 0.2) is 18.5 Å². The molecule has 11 heavy (non-hydrogen) atoms. The molecule has 0 bridgehead atoms. The second kappa shape index (κ2) is 3.78. The fourth-order valence-corrected chi connectivity index (χ4v) is 0.730. The van der Waals surface area contributed by atoms with Crippen LogP contribution in [-0.2, 0) is 9.53 Å². The van der Waals surface area contributed by atoms with E-state index in [1.165, 1.54) is 7.11 Å². The summed E-state index contributed by atoms with van der Waals surface area (Å²) < 4.78 is 4.63. The van der Waals surface area contributed by atoms with Gasteiger partial charge in [0.1, 0.15) is 6.61 Å². The topological polar surface area (TPSA) is 54.1 Å². The summed E-state index contributed by atoms with van der Waals surface area (Å²) in [6.45, 7) is 0.0885. The van der Waals surface area contributed by atoms with Crippen molar-refractivity contribution in [2.24, 2.45) is 0 Å².